The number of anilines is 1. The summed E-state index contributed by atoms with van der Waals surface area (Å²) in [6.07, 6.45) is 0. The zero-order chi connectivity index (χ0) is 14.2. The minimum Gasteiger partial charge on any atom is -0.385 e. The van der Waals surface area contributed by atoms with Crippen LogP contribution in [-0.2, 0) is 5.41 Å². The summed E-state index contributed by atoms with van der Waals surface area (Å²) < 4.78 is 0. The fraction of sp³-hybridized carbons (Fsp3) is 0.471. The molecular formula is C17H24N2. The monoisotopic (exact) mass is 256 g/mol. The number of pyridine rings is 1. The summed E-state index contributed by atoms with van der Waals surface area (Å²) in [5.74, 6) is 0. The molecule has 2 rings (SSSR count). The van der Waals surface area contributed by atoms with Gasteiger partial charge in [-0.15, -0.1) is 0 Å². The van der Waals surface area contributed by atoms with Crippen LogP contribution in [0.4, 0.5) is 5.69 Å². The van der Waals surface area contributed by atoms with Crippen LogP contribution in [0.3, 0.4) is 0 Å². The van der Waals surface area contributed by atoms with Gasteiger partial charge in [-0.2, -0.15) is 0 Å². The van der Waals surface area contributed by atoms with Crippen molar-refractivity contribution < 1.29 is 0 Å². The van der Waals surface area contributed by atoms with E-state index < -0.39 is 0 Å². The molecule has 0 aliphatic carbocycles. The minimum absolute atomic E-state index is 0.0640. The van der Waals surface area contributed by atoms with Crippen LogP contribution in [-0.4, -0.2) is 11.5 Å². The number of aromatic nitrogens is 1. The van der Waals surface area contributed by atoms with Gasteiger partial charge in [0.2, 0.25) is 0 Å². The third-order valence-corrected chi connectivity index (χ3v) is 3.51. The van der Waals surface area contributed by atoms with Crippen LogP contribution in [0.15, 0.2) is 18.2 Å². The number of aryl methyl sites for hydroxylation is 2. The highest BCUT2D eigenvalue weighted by molar-refractivity contribution is 5.96. The summed E-state index contributed by atoms with van der Waals surface area (Å²) in [6.45, 7) is 14.0. The molecule has 1 N–H and O–H groups in total. The van der Waals surface area contributed by atoms with E-state index in [4.69, 9.17) is 4.98 Å². The number of hydrogen-bond acceptors (Lipinski definition) is 2. The highest BCUT2D eigenvalue weighted by Crippen LogP contribution is 2.32. The van der Waals surface area contributed by atoms with Crippen molar-refractivity contribution >= 4 is 16.6 Å². The maximum Gasteiger partial charge on any atom is 0.0758 e. The minimum atomic E-state index is 0.0640. The number of fused-ring (bicyclic) bond motifs is 1. The topological polar surface area (TPSA) is 24.9 Å². The van der Waals surface area contributed by atoms with Gasteiger partial charge in [-0.05, 0) is 38.0 Å². The average molecular weight is 256 g/mol. The van der Waals surface area contributed by atoms with Gasteiger partial charge < -0.3 is 5.32 Å². The molecule has 1 aromatic heterocycles. The summed E-state index contributed by atoms with van der Waals surface area (Å²) in [5.41, 5.74) is 6.07. The van der Waals surface area contributed by atoms with Crippen LogP contribution >= 0.6 is 0 Å². The molecule has 0 fully saturated rings. The molecular weight excluding hydrogens is 232 g/mol. The Bertz CT molecular complexity index is 607. The predicted octanol–water partition coefficient (Wildman–Crippen LogP) is 4.58. The van der Waals surface area contributed by atoms with E-state index >= 15 is 0 Å². The van der Waals surface area contributed by atoms with Gasteiger partial charge >= 0.3 is 0 Å². The maximum atomic E-state index is 4.91. The molecule has 0 unspecified atom stereocenters. The van der Waals surface area contributed by atoms with Gasteiger partial charge in [0, 0.05) is 28.7 Å². The molecule has 0 aliphatic heterocycles. The Hall–Kier alpha value is -1.57. The van der Waals surface area contributed by atoms with Crippen molar-refractivity contribution in [1.29, 1.82) is 0 Å². The first kappa shape index (κ1) is 13.9. The molecule has 0 amide bonds. The molecule has 0 saturated carbocycles. The SMILES string of the molecule is CCNc1cc(C(C)(C)C)nc2c(C)ccc(C)c12. The van der Waals surface area contributed by atoms with Crippen molar-refractivity contribution in [2.24, 2.45) is 0 Å². The number of nitrogens with zero attached hydrogens (tertiary/aromatic N) is 1. The van der Waals surface area contributed by atoms with E-state index in [1.807, 2.05) is 0 Å². The van der Waals surface area contributed by atoms with Crippen molar-refractivity contribution in [2.45, 2.75) is 47.0 Å². The first-order chi connectivity index (χ1) is 8.84. The molecule has 1 aromatic carbocycles. The van der Waals surface area contributed by atoms with Crippen molar-refractivity contribution in [3.05, 3.63) is 35.0 Å². The lowest BCUT2D eigenvalue weighted by Gasteiger charge is -2.21. The van der Waals surface area contributed by atoms with Crippen molar-refractivity contribution in [3.8, 4) is 0 Å². The second-order valence-electron chi connectivity index (χ2n) is 6.26. The highest BCUT2D eigenvalue weighted by atomic mass is 14.9. The number of nitrogens with one attached hydrogen (secondary N) is 1. The van der Waals surface area contributed by atoms with E-state index in [-0.39, 0.29) is 5.41 Å². The first-order valence-electron chi connectivity index (χ1n) is 7.00. The molecule has 2 heteroatoms. The normalized spacial score (nSPS) is 11.9. The van der Waals surface area contributed by atoms with E-state index in [1.54, 1.807) is 0 Å². The Labute approximate surface area is 116 Å². The first-order valence-corrected chi connectivity index (χ1v) is 7.00. The van der Waals surface area contributed by atoms with E-state index in [0.29, 0.717) is 0 Å². The molecule has 0 spiro atoms. The summed E-state index contributed by atoms with van der Waals surface area (Å²) >= 11 is 0. The molecule has 0 atom stereocenters. The Balaban J connectivity index is 2.83. The molecule has 2 nitrogen and oxygen atoms in total. The van der Waals surface area contributed by atoms with Crippen LogP contribution < -0.4 is 5.32 Å². The lowest BCUT2D eigenvalue weighted by Crippen LogP contribution is -2.15. The molecule has 102 valence electrons. The van der Waals surface area contributed by atoms with E-state index in [9.17, 15) is 0 Å². The maximum absolute atomic E-state index is 4.91. The van der Waals surface area contributed by atoms with Crippen LogP contribution in [0.5, 0.6) is 0 Å². The van der Waals surface area contributed by atoms with E-state index in [1.165, 1.54) is 22.2 Å². The highest BCUT2D eigenvalue weighted by Gasteiger charge is 2.19. The molecule has 19 heavy (non-hydrogen) atoms. The van der Waals surface area contributed by atoms with Crippen LogP contribution in [0.1, 0.15) is 44.5 Å². The molecule has 0 bridgehead atoms. The second-order valence-corrected chi connectivity index (χ2v) is 6.26. The van der Waals surface area contributed by atoms with Crippen LogP contribution in [0, 0.1) is 13.8 Å². The van der Waals surface area contributed by atoms with Crippen molar-refractivity contribution in [2.75, 3.05) is 11.9 Å². The van der Waals surface area contributed by atoms with Gasteiger partial charge in [0.25, 0.3) is 0 Å². The smallest absolute Gasteiger partial charge is 0.0758 e. The Morgan fingerprint density at radius 1 is 1.11 bits per heavy atom. The Morgan fingerprint density at radius 2 is 1.74 bits per heavy atom. The van der Waals surface area contributed by atoms with Gasteiger partial charge in [-0.3, -0.25) is 4.98 Å². The molecule has 0 aliphatic rings. The Morgan fingerprint density at radius 3 is 2.32 bits per heavy atom. The summed E-state index contributed by atoms with van der Waals surface area (Å²) in [5, 5.41) is 4.75. The van der Waals surface area contributed by atoms with Gasteiger partial charge in [0.05, 0.1) is 5.52 Å². The third-order valence-electron chi connectivity index (χ3n) is 3.51. The lowest BCUT2D eigenvalue weighted by molar-refractivity contribution is 0.571. The standard InChI is InChI=1S/C17H24N2/c1-7-18-13-10-14(17(4,5)6)19-16-12(3)9-8-11(2)15(13)16/h8-10H,7H2,1-6H3,(H,18,19). The van der Waals surface area contributed by atoms with E-state index in [2.05, 4.69) is 65.1 Å². The van der Waals surface area contributed by atoms with Gasteiger partial charge in [-0.1, -0.05) is 32.9 Å². The molecule has 0 radical (unpaired) electrons. The van der Waals surface area contributed by atoms with Gasteiger partial charge in [-0.25, -0.2) is 0 Å². The fourth-order valence-corrected chi connectivity index (χ4v) is 2.36. The van der Waals surface area contributed by atoms with Crippen molar-refractivity contribution in [3.63, 3.8) is 0 Å². The summed E-state index contributed by atoms with van der Waals surface area (Å²) in [6, 6.07) is 6.54. The van der Waals surface area contributed by atoms with E-state index in [0.717, 1.165) is 17.8 Å². The fourth-order valence-electron chi connectivity index (χ4n) is 2.36. The number of rotatable bonds is 2. The van der Waals surface area contributed by atoms with Gasteiger partial charge in [0.1, 0.15) is 0 Å². The quantitative estimate of drug-likeness (QED) is 0.850. The van der Waals surface area contributed by atoms with Crippen molar-refractivity contribution in [1.82, 2.24) is 4.98 Å². The zero-order valence-electron chi connectivity index (χ0n) is 12.9. The second kappa shape index (κ2) is 4.84. The summed E-state index contributed by atoms with van der Waals surface area (Å²) in [4.78, 5) is 4.91. The Kier molecular flexibility index (Phi) is 3.53. The average Bonchev–Trinajstić information content (AvgIpc) is 2.33. The zero-order valence-corrected chi connectivity index (χ0v) is 12.9. The number of benzene rings is 1. The molecule has 1 heterocycles. The molecule has 0 saturated heterocycles. The largest absolute Gasteiger partial charge is 0.385 e. The van der Waals surface area contributed by atoms with Gasteiger partial charge in [0.15, 0.2) is 0 Å². The van der Waals surface area contributed by atoms with Crippen LogP contribution in [0.25, 0.3) is 10.9 Å². The van der Waals surface area contributed by atoms with Crippen LogP contribution in [0.2, 0.25) is 0 Å². The molecule has 2 aromatic rings. The predicted molar refractivity (Wildman–Crippen MR) is 84.1 cm³/mol. The third kappa shape index (κ3) is 2.58. The lowest BCUT2D eigenvalue weighted by atomic mass is 9.90. The summed E-state index contributed by atoms with van der Waals surface area (Å²) in [7, 11) is 0. The number of hydrogen-bond donors (Lipinski definition) is 1.